The summed E-state index contributed by atoms with van der Waals surface area (Å²) in [4.78, 5) is 11.3. The molecule has 0 radical (unpaired) electrons. The van der Waals surface area contributed by atoms with Gasteiger partial charge in [0.05, 0.1) is 6.10 Å². The number of aromatic nitrogens is 4. The van der Waals surface area contributed by atoms with Gasteiger partial charge in [-0.25, -0.2) is 14.6 Å². The van der Waals surface area contributed by atoms with Crippen LogP contribution in [0, 0.1) is 0 Å². The second kappa shape index (κ2) is 5.68. The maximum atomic E-state index is 9.70. The quantitative estimate of drug-likeness (QED) is 0.876. The summed E-state index contributed by atoms with van der Waals surface area (Å²) in [6.45, 7) is 1.54. The lowest BCUT2D eigenvalue weighted by Crippen LogP contribution is -2.37. The van der Waals surface area contributed by atoms with Gasteiger partial charge < -0.3 is 15.3 Å². The van der Waals surface area contributed by atoms with E-state index >= 15 is 0 Å². The number of nitrogens with one attached hydrogen (secondary N) is 1. The summed E-state index contributed by atoms with van der Waals surface area (Å²) < 4.78 is 4.74. The van der Waals surface area contributed by atoms with Gasteiger partial charge in [0, 0.05) is 19.1 Å². The zero-order valence-corrected chi connectivity index (χ0v) is 12.4. The van der Waals surface area contributed by atoms with Crippen LogP contribution in [0.5, 0.6) is 0 Å². The molecule has 1 aliphatic heterocycles. The highest BCUT2D eigenvalue weighted by Crippen LogP contribution is 2.29. The van der Waals surface area contributed by atoms with E-state index in [1.165, 1.54) is 12.8 Å². The number of hydrogen-bond donors (Lipinski definition) is 2. The molecule has 22 heavy (non-hydrogen) atoms. The minimum Gasteiger partial charge on any atom is -0.393 e. The van der Waals surface area contributed by atoms with Gasteiger partial charge in [0.2, 0.25) is 11.3 Å². The first-order valence-electron chi connectivity index (χ1n) is 7.99. The molecule has 8 nitrogen and oxygen atoms in total. The van der Waals surface area contributed by atoms with Crippen LogP contribution in [0.2, 0.25) is 0 Å². The van der Waals surface area contributed by atoms with Crippen LogP contribution in [0.3, 0.4) is 0 Å². The number of hydrogen-bond acceptors (Lipinski definition) is 8. The van der Waals surface area contributed by atoms with Crippen molar-refractivity contribution in [2.24, 2.45) is 0 Å². The van der Waals surface area contributed by atoms with Crippen LogP contribution in [0.15, 0.2) is 4.63 Å². The van der Waals surface area contributed by atoms with Gasteiger partial charge in [-0.3, -0.25) is 0 Å². The van der Waals surface area contributed by atoms with E-state index in [9.17, 15) is 5.11 Å². The molecule has 0 aromatic carbocycles. The Kier molecular flexibility index (Phi) is 3.53. The molecule has 2 aromatic heterocycles. The summed E-state index contributed by atoms with van der Waals surface area (Å²) in [5, 5.41) is 20.8. The number of aliphatic hydroxyl groups is 1. The van der Waals surface area contributed by atoms with Gasteiger partial charge in [-0.2, -0.15) is 0 Å². The van der Waals surface area contributed by atoms with Gasteiger partial charge in [-0.05, 0) is 36.0 Å². The van der Waals surface area contributed by atoms with Gasteiger partial charge in [-0.1, -0.05) is 12.8 Å². The van der Waals surface area contributed by atoms with Crippen molar-refractivity contribution < 1.29 is 9.74 Å². The highest BCUT2D eigenvalue weighted by molar-refractivity contribution is 5.74. The van der Waals surface area contributed by atoms with E-state index < -0.39 is 0 Å². The Hall–Kier alpha value is -1.96. The van der Waals surface area contributed by atoms with Crippen molar-refractivity contribution >= 4 is 22.9 Å². The molecule has 3 heterocycles. The first-order valence-corrected chi connectivity index (χ1v) is 7.99. The minimum atomic E-state index is -0.215. The molecule has 2 N–H and O–H groups in total. The predicted octanol–water partition coefficient (Wildman–Crippen LogP) is 1.33. The summed E-state index contributed by atoms with van der Waals surface area (Å²) in [5.74, 6) is 1.55. The number of piperidine rings is 1. The Balaban J connectivity index is 1.66. The van der Waals surface area contributed by atoms with Crippen molar-refractivity contribution in [3.8, 4) is 0 Å². The molecule has 0 spiro atoms. The molecular formula is C14H20N6O2. The van der Waals surface area contributed by atoms with Crippen molar-refractivity contribution in [1.82, 2.24) is 20.3 Å². The third kappa shape index (κ3) is 2.58. The average Bonchev–Trinajstić information content (AvgIpc) is 3.18. The van der Waals surface area contributed by atoms with Gasteiger partial charge in [-0.15, -0.1) is 0 Å². The molecule has 2 aromatic rings. The lowest BCUT2D eigenvalue weighted by molar-refractivity contribution is 0.145. The molecule has 8 heteroatoms. The first-order chi connectivity index (χ1) is 10.8. The maximum Gasteiger partial charge on any atom is 0.245 e. The number of rotatable bonds is 3. The van der Waals surface area contributed by atoms with E-state index in [0.717, 1.165) is 50.4 Å². The predicted molar refractivity (Wildman–Crippen MR) is 80.7 cm³/mol. The third-order valence-corrected chi connectivity index (χ3v) is 4.56. The largest absolute Gasteiger partial charge is 0.393 e. The Labute approximate surface area is 127 Å². The van der Waals surface area contributed by atoms with Crippen molar-refractivity contribution in [2.75, 3.05) is 23.3 Å². The van der Waals surface area contributed by atoms with Crippen LogP contribution in [-0.4, -0.2) is 50.6 Å². The fraction of sp³-hybridized carbons (Fsp3) is 0.714. The third-order valence-electron chi connectivity index (χ3n) is 4.56. The first kappa shape index (κ1) is 13.7. The minimum absolute atomic E-state index is 0.215. The smallest absolute Gasteiger partial charge is 0.245 e. The van der Waals surface area contributed by atoms with E-state index in [1.807, 2.05) is 0 Å². The number of fused-ring (bicyclic) bond motifs is 1. The maximum absolute atomic E-state index is 9.70. The molecule has 0 atom stereocenters. The Morgan fingerprint density at radius 2 is 1.68 bits per heavy atom. The monoisotopic (exact) mass is 304 g/mol. The molecule has 118 valence electrons. The van der Waals surface area contributed by atoms with Gasteiger partial charge in [0.25, 0.3) is 0 Å². The van der Waals surface area contributed by atoms with Crippen LogP contribution >= 0.6 is 0 Å². The van der Waals surface area contributed by atoms with E-state index in [0.29, 0.717) is 17.3 Å². The Morgan fingerprint density at radius 3 is 2.41 bits per heavy atom. The van der Waals surface area contributed by atoms with Crippen LogP contribution < -0.4 is 10.2 Å². The highest BCUT2D eigenvalue weighted by atomic mass is 16.6. The summed E-state index contributed by atoms with van der Waals surface area (Å²) in [5.41, 5.74) is 0.861. The summed E-state index contributed by atoms with van der Waals surface area (Å²) >= 11 is 0. The molecule has 2 fully saturated rings. The van der Waals surface area contributed by atoms with E-state index in [2.05, 4.69) is 30.5 Å². The molecule has 0 unspecified atom stereocenters. The van der Waals surface area contributed by atoms with Crippen molar-refractivity contribution in [3.63, 3.8) is 0 Å². The zero-order valence-electron chi connectivity index (χ0n) is 12.4. The Morgan fingerprint density at radius 1 is 1.00 bits per heavy atom. The second-order valence-corrected chi connectivity index (χ2v) is 6.15. The van der Waals surface area contributed by atoms with E-state index in [1.54, 1.807) is 0 Å². The lowest BCUT2D eigenvalue weighted by Gasteiger charge is -2.31. The van der Waals surface area contributed by atoms with Crippen molar-refractivity contribution in [2.45, 2.75) is 50.7 Å². The molecule has 1 saturated carbocycles. The normalized spacial score (nSPS) is 20.9. The number of anilines is 2. The fourth-order valence-corrected chi connectivity index (χ4v) is 3.29. The second-order valence-electron chi connectivity index (χ2n) is 6.15. The molecule has 0 amide bonds. The zero-order chi connectivity index (χ0) is 14.9. The fourth-order valence-electron chi connectivity index (χ4n) is 3.29. The topological polar surface area (TPSA) is 100 Å². The molecule has 1 aliphatic carbocycles. The molecule has 4 rings (SSSR count). The molecular weight excluding hydrogens is 284 g/mol. The summed E-state index contributed by atoms with van der Waals surface area (Å²) in [7, 11) is 0. The van der Waals surface area contributed by atoms with Crippen LogP contribution in [0.4, 0.5) is 11.6 Å². The Bertz CT molecular complexity index is 646. The summed E-state index contributed by atoms with van der Waals surface area (Å²) in [6.07, 6.45) is 6.12. The van der Waals surface area contributed by atoms with E-state index in [-0.39, 0.29) is 6.10 Å². The number of aliphatic hydroxyl groups excluding tert-OH is 1. The van der Waals surface area contributed by atoms with Gasteiger partial charge in [0.1, 0.15) is 0 Å². The van der Waals surface area contributed by atoms with Crippen LogP contribution in [0.25, 0.3) is 11.3 Å². The van der Waals surface area contributed by atoms with Crippen molar-refractivity contribution in [1.29, 1.82) is 0 Å². The number of nitrogens with zero attached hydrogens (tertiary/aromatic N) is 5. The van der Waals surface area contributed by atoms with Gasteiger partial charge >= 0.3 is 0 Å². The van der Waals surface area contributed by atoms with Crippen LogP contribution in [-0.2, 0) is 0 Å². The lowest BCUT2D eigenvalue weighted by atomic mass is 10.1. The van der Waals surface area contributed by atoms with Gasteiger partial charge in [0.15, 0.2) is 11.6 Å². The standard InChI is InChI=1S/C14H20N6O2/c21-10-5-7-20(8-6-10)14-13(15-9-3-1-2-4-9)16-11-12(17-14)19-22-18-11/h9-10,21H,1-8H2,(H,15,16,18). The van der Waals surface area contributed by atoms with Crippen molar-refractivity contribution in [3.05, 3.63) is 0 Å². The summed E-state index contributed by atoms with van der Waals surface area (Å²) in [6, 6.07) is 0.445. The molecule has 1 saturated heterocycles. The average molecular weight is 304 g/mol. The van der Waals surface area contributed by atoms with E-state index in [4.69, 9.17) is 4.63 Å². The molecule has 2 aliphatic rings. The SMILES string of the molecule is OC1CCN(c2nc3nonc3nc2NC2CCCC2)CC1. The highest BCUT2D eigenvalue weighted by Gasteiger charge is 2.25. The molecule has 0 bridgehead atoms. The van der Waals surface area contributed by atoms with Crippen LogP contribution in [0.1, 0.15) is 38.5 Å².